The van der Waals surface area contributed by atoms with E-state index in [0.29, 0.717) is 12.3 Å². The molecule has 1 aliphatic rings. The van der Waals surface area contributed by atoms with E-state index in [1.165, 1.54) is 5.56 Å². The largest absolute Gasteiger partial charge is 0.354 e. The van der Waals surface area contributed by atoms with Crippen LogP contribution in [0.3, 0.4) is 0 Å². The van der Waals surface area contributed by atoms with E-state index in [4.69, 9.17) is 0 Å². The first-order chi connectivity index (χ1) is 11.8. The number of nitrogens with zero attached hydrogens (tertiary/aromatic N) is 3. The lowest BCUT2D eigenvalue weighted by molar-refractivity contribution is -0.133. The van der Waals surface area contributed by atoms with E-state index in [9.17, 15) is 4.79 Å². The molecule has 0 saturated carbocycles. The van der Waals surface area contributed by atoms with E-state index in [2.05, 4.69) is 52.2 Å². The van der Waals surface area contributed by atoms with Gasteiger partial charge in [0, 0.05) is 58.1 Å². The zero-order chi connectivity index (χ0) is 16.6. The lowest BCUT2D eigenvalue weighted by Crippen LogP contribution is -2.49. The van der Waals surface area contributed by atoms with Crippen LogP contribution in [-0.2, 0) is 17.8 Å². The monoisotopic (exact) mass is 325 g/mol. The van der Waals surface area contributed by atoms with E-state index in [-0.39, 0.29) is 0 Å². The quantitative estimate of drug-likeness (QED) is 0.783. The minimum absolute atomic E-state index is 0.310. The average molecular weight is 325 g/mol. The third-order valence-electron chi connectivity index (χ3n) is 4.76. The van der Waals surface area contributed by atoms with Crippen LogP contribution in [0.1, 0.15) is 18.4 Å². The van der Waals surface area contributed by atoms with Crippen LogP contribution in [0, 0.1) is 0 Å². The predicted molar refractivity (Wildman–Crippen MR) is 96.8 cm³/mol. The molecular formula is C20H27N3O. The van der Waals surface area contributed by atoms with Crippen molar-refractivity contribution < 1.29 is 4.79 Å². The zero-order valence-corrected chi connectivity index (χ0v) is 14.3. The first-order valence-corrected chi connectivity index (χ1v) is 8.96. The summed E-state index contributed by atoms with van der Waals surface area (Å²) in [7, 11) is 0. The molecule has 4 heteroatoms. The SMILES string of the molecule is O=C(CCCn1cccc1)N1CCN(CCc2ccccc2)CC1. The topological polar surface area (TPSA) is 28.5 Å². The first-order valence-electron chi connectivity index (χ1n) is 8.96. The van der Waals surface area contributed by atoms with Crippen molar-refractivity contribution in [3.63, 3.8) is 0 Å². The maximum absolute atomic E-state index is 12.3. The smallest absolute Gasteiger partial charge is 0.222 e. The number of benzene rings is 1. The highest BCUT2D eigenvalue weighted by Crippen LogP contribution is 2.08. The van der Waals surface area contributed by atoms with Crippen LogP contribution in [0.15, 0.2) is 54.9 Å². The average Bonchev–Trinajstić information content (AvgIpc) is 3.15. The van der Waals surface area contributed by atoms with Gasteiger partial charge in [0.25, 0.3) is 0 Å². The molecule has 1 amide bonds. The Bertz CT molecular complexity index is 601. The second-order valence-corrected chi connectivity index (χ2v) is 6.48. The number of amides is 1. The van der Waals surface area contributed by atoms with E-state index < -0.39 is 0 Å². The second-order valence-electron chi connectivity index (χ2n) is 6.48. The number of piperazine rings is 1. The molecular weight excluding hydrogens is 298 g/mol. The van der Waals surface area contributed by atoms with Crippen LogP contribution < -0.4 is 0 Å². The fraction of sp³-hybridized carbons (Fsp3) is 0.450. The summed E-state index contributed by atoms with van der Waals surface area (Å²) in [6.45, 7) is 5.75. The summed E-state index contributed by atoms with van der Waals surface area (Å²) < 4.78 is 2.13. The van der Waals surface area contributed by atoms with Gasteiger partial charge in [-0.25, -0.2) is 0 Å². The fourth-order valence-corrected chi connectivity index (χ4v) is 3.24. The Morgan fingerprint density at radius 1 is 0.875 bits per heavy atom. The highest BCUT2D eigenvalue weighted by molar-refractivity contribution is 5.76. The molecule has 0 radical (unpaired) electrons. The summed E-state index contributed by atoms with van der Waals surface area (Å²) in [5.74, 6) is 0.310. The third kappa shape index (κ3) is 4.96. The molecule has 0 atom stereocenters. The molecule has 3 rings (SSSR count). The summed E-state index contributed by atoms with van der Waals surface area (Å²) in [6, 6.07) is 14.7. The van der Waals surface area contributed by atoms with Crippen LogP contribution in [0.2, 0.25) is 0 Å². The lowest BCUT2D eigenvalue weighted by atomic mass is 10.1. The number of aromatic nitrogens is 1. The minimum Gasteiger partial charge on any atom is -0.354 e. The van der Waals surface area contributed by atoms with Crippen LogP contribution >= 0.6 is 0 Å². The molecule has 0 spiro atoms. The molecule has 1 aliphatic heterocycles. The highest BCUT2D eigenvalue weighted by atomic mass is 16.2. The molecule has 0 aliphatic carbocycles. The van der Waals surface area contributed by atoms with Crippen molar-refractivity contribution in [1.29, 1.82) is 0 Å². The van der Waals surface area contributed by atoms with Crippen molar-refractivity contribution in [3.05, 3.63) is 60.4 Å². The van der Waals surface area contributed by atoms with Gasteiger partial charge in [-0.1, -0.05) is 30.3 Å². The van der Waals surface area contributed by atoms with Gasteiger partial charge in [0.2, 0.25) is 5.91 Å². The van der Waals surface area contributed by atoms with Gasteiger partial charge in [0.05, 0.1) is 0 Å². The van der Waals surface area contributed by atoms with Crippen molar-refractivity contribution in [2.45, 2.75) is 25.8 Å². The summed E-state index contributed by atoms with van der Waals surface area (Å²) in [6.07, 6.45) is 6.77. The second kappa shape index (κ2) is 8.69. The lowest BCUT2D eigenvalue weighted by Gasteiger charge is -2.34. The van der Waals surface area contributed by atoms with E-state index in [0.717, 1.165) is 52.1 Å². The van der Waals surface area contributed by atoms with E-state index in [1.54, 1.807) is 0 Å². The molecule has 1 fully saturated rings. The van der Waals surface area contributed by atoms with Crippen molar-refractivity contribution >= 4 is 5.91 Å². The number of aryl methyl sites for hydroxylation is 1. The van der Waals surface area contributed by atoms with E-state index >= 15 is 0 Å². The standard InChI is InChI=1S/C20H27N3O/c24-20(9-6-13-21-11-4-5-12-21)23-17-15-22(16-18-23)14-10-19-7-2-1-3-8-19/h1-5,7-8,11-12H,6,9-10,13-18H2. The predicted octanol–water partition coefficient (Wildman–Crippen LogP) is 2.66. The van der Waals surface area contributed by atoms with Crippen LogP contribution in [0.25, 0.3) is 0 Å². The summed E-state index contributed by atoms with van der Waals surface area (Å²) in [5.41, 5.74) is 1.39. The van der Waals surface area contributed by atoms with Gasteiger partial charge in [0.1, 0.15) is 0 Å². The number of hydrogen-bond donors (Lipinski definition) is 0. The van der Waals surface area contributed by atoms with Gasteiger partial charge in [-0.2, -0.15) is 0 Å². The normalized spacial score (nSPS) is 15.6. The molecule has 0 unspecified atom stereocenters. The maximum atomic E-state index is 12.3. The van der Waals surface area contributed by atoms with E-state index in [1.807, 2.05) is 17.0 Å². The number of carbonyl (C=O) groups excluding carboxylic acids is 1. The summed E-state index contributed by atoms with van der Waals surface area (Å²) in [5, 5.41) is 0. The Labute approximate surface area is 144 Å². The molecule has 2 aromatic rings. The van der Waals surface area contributed by atoms with Gasteiger partial charge in [-0.15, -0.1) is 0 Å². The third-order valence-corrected chi connectivity index (χ3v) is 4.76. The Morgan fingerprint density at radius 3 is 2.29 bits per heavy atom. The molecule has 1 aromatic heterocycles. The molecule has 4 nitrogen and oxygen atoms in total. The molecule has 1 saturated heterocycles. The van der Waals surface area contributed by atoms with Gasteiger partial charge < -0.3 is 9.47 Å². The summed E-state index contributed by atoms with van der Waals surface area (Å²) >= 11 is 0. The van der Waals surface area contributed by atoms with Gasteiger partial charge in [-0.05, 0) is 30.5 Å². The number of carbonyl (C=O) groups is 1. The Morgan fingerprint density at radius 2 is 1.58 bits per heavy atom. The Balaban J connectivity index is 1.33. The van der Waals surface area contributed by atoms with Crippen molar-refractivity contribution in [3.8, 4) is 0 Å². The molecule has 2 heterocycles. The minimum atomic E-state index is 0.310. The molecule has 0 bridgehead atoms. The number of hydrogen-bond acceptors (Lipinski definition) is 2. The number of rotatable bonds is 7. The van der Waals surface area contributed by atoms with Crippen LogP contribution in [0.5, 0.6) is 0 Å². The highest BCUT2D eigenvalue weighted by Gasteiger charge is 2.20. The van der Waals surface area contributed by atoms with Crippen molar-refractivity contribution in [2.24, 2.45) is 0 Å². The van der Waals surface area contributed by atoms with Crippen molar-refractivity contribution in [2.75, 3.05) is 32.7 Å². The Kier molecular flexibility index (Phi) is 6.07. The van der Waals surface area contributed by atoms with Crippen LogP contribution in [0.4, 0.5) is 0 Å². The van der Waals surface area contributed by atoms with Crippen molar-refractivity contribution in [1.82, 2.24) is 14.4 Å². The zero-order valence-electron chi connectivity index (χ0n) is 14.3. The van der Waals surface area contributed by atoms with Gasteiger partial charge in [-0.3, -0.25) is 9.69 Å². The Hall–Kier alpha value is -2.07. The van der Waals surface area contributed by atoms with Gasteiger partial charge in [0.15, 0.2) is 0 Å². The first kappa shape index (κ1) is 16.8. The molecule has 128 valence electrons. The van der Waals surface area contributed by atoms with Crippen LogP contribution in [-0.4, -0.2) is 53.0 Å². The summed E-state index contributed by atoms with van der Waals surface area (Å²) in [4.78, 5) is 16.8. The molecule has 1 aromatic carbocycles. The molecule has 24 heavy (non-hydrogen) atoms. The maximum Gasteiger partial charge on any atom is 0.222 e. The molecule has 0 N–H and O–H groups in total. The van der Waals surface area contributed by atoms with Gasteiger partial charge >= 0.3 is 0 Å². The fourth-order valence-electron chi connectivity index (χ4n) is 3.24.